The number of anilines is 1. The molecule has 0 unspecified atom stereocenters. The first-order valence-electron chi connectivity index (χ1n) is 11.1. The molecule has 2 aromatic carbocycles. The van der Waals surface area contributed by atoms with Gasteiger partial charge in [0.05, 0.1) is 12.8 Å². The normalized spacial score (nSPS) is 11.6. The third-order valence-corrected chi connectivity index (χ3v) is 4.71. The quantitative estimate of drug-likeness (QED) is 0.281. The lowest BCUT2D eigenvalue weighted by molar-refractivity contribution is -0.139. The van der Waals surface area contributed by atoms with Gasteiger partial charge in [0.2, 0.25) is 0 Å². The molecule has 0 fully saturated rings. The molecule has 0 saturated heterocycles. The molecule has 0 aliphatic heterocycles. The highest BCUT2D eigenvalue weighted by Gasteiger charge is 2.14. The average Bonchev–Trinajstić information content (AvgIpc) is 2.77. The van der Waals surface area contributed by atoms with Crippen molar-refractivity contribution >= 4 is 29.6 Å². The molecule has 2 aromatic rings. The Morgan fingerprint density at radius 1 is 0.971 bits per heavy atom. The molecule has 3 N–H and O–H groups in total. The molecular weight excluding hydrogens is 436 g/mol. The number of aryl methyl sites for hydroxylation is 2. The minimum absolute atomic E-state index is 0.105. The van der Waals surface area contributed by atoms with Crippen LogP contribution in [0.3, 0.4) is 0 Å². The van der Waals surface area contributed by atoms with Crippen LogP contribution in [0.25, 0.3) is 0 Å². The summed E-state index contributed by atoms with van der Waals surface area (Å²) in [5, 5.41) is 9.20. The molecule has 0 aliphatic carbocycles. The van der Waals surface area contributed by atoms with Crippen LogP contribution in [0.4, 0.5) is 5.69 Å². The van der Waals surface area contributed by atoms with Crippen molar-refractivity contribution in [3.63, 3.8) is 0 Å². The van der Waals surface area contributed by atoms with E-state index in [0.29, 0.717) is 35.8 Å². The second-order valence-corrected chi connectivity index (χ2v) is 7.83. The molecule has 9 heteroatoms. The van der Waals surface area contributed by atoms with Gasteiger partial charge in [-0.05, 0) is 81.1 Å². The fourth-order valence-corrected chi connectivity index (χ4v) is 2.99. The Morgan fingerprint density at radius 3 is 2.32 bits per heavy atom. The van der Waals surface area contributed by atoms with Gasteiger partial charge in [0.1, 0.15) is 0 Å². The number of ether oxygens (including phenoxy) is 2. The maximum Gasteiger partial charge on any atom is 0.329 e. The fraction of sp³-hybridized carbons (Fsp3) is 0.360. The van der Waals surface area contributed by atoms with Gasteiger partial charge in [0, 0.05) is 11.7 Å². The SMILES string of the molecule is CCOc1cc(/C=N\NC(=O)C(=O)N[C@@H](C)CC)ccc1OCC(=O)Nc1cc(C)cc(C)c1. The summed E-state index contributed by atoms with van der Waals surface area (Å²) < 4.78 is 11.3. The van der Waals surface area contributed by atoms with Crippen molar-refractivity contribution in [2.45, 2.75) is 47.1 Å². The second-order valence-electron chi connectivity index (χ2n) is 7.83. The molecule has 3 amide bonds. The number of amides is 3. The van der Waals surface area contributed by atoms with Crippen LogP contribution in [-0.2, 0) is 14.4 Å². The zero-order valence-corrected chi connectivity index (χ0v) is 20.2. The van der Waals surface area contributed by atoms with Gasteiger partial charge in [-0.1, -0.05) is 13.0 Å². The number of carbonyl (C=O) groups is 3. The van der Waals surface area contributed by atoms with Crippen molar-refractivity contribution in [1.82, 2.24) is 10.7 Å². The molecule has 34 heavy (non-hydrogen) atoms. The van der Waals surface area contributed by atoms with Crippen molar-refractivity contribution in [2.24, 2.45) is 5.10 Å². The van der Waals surface area contributed by atoms with Gasteiger partial charge in [-0.15, -0.1) is 0 Å². The molecule has 2 rings (SSSR count). The molecular formula is C25H32N4O5. The van der Waals surface area contributed by atoms with E-state index in [1.165, 1.54) is 6.21 Å². The number of hydrogen-bond acceptors (Lipinski definition) is 6. The second kappa shape index (κ2) is 13.0. The van der Waals surface area contributed by atoms with Crippen molar-refractivity contribution in [3.8, 4) is 11.5 Å². The Hall–Kier alpha value is -3.88. The van der Waals surface area contributed by atoms with Crippen molar-refractivity contribution < 1.29 is 23.9 Å². The van der Waals surface area contributed by atoms with Gasteiger partial charge >= 0.3 is 11.8 Å². The predicted octanol–water partition coefficient (Wildman–Crippen LogP) is 3.08. The highest BCUT2D eigenvalue weighted by atomic mass is 16.5. The van der Waals surface area contributed by atoms with E-state index in [1.807, 2.05) is 45.9 Å². The summed E-state index contributed by atoms with van der Waals surface area (Å²) in [6.45, 7) is 9.66. The van der Waals surface area contributed by atoms with E-state index >= 15 is 0 Å². The van der Waals surface area contributed by atoms with Crippen LogP contribution in [0.5, 0.6) is 11.5 Å². The average molecular weight is 469 g/mol. The smallest absolute Gasteiger partial charge is 0.329 e. The molecule has 0 aliphatic rings. The summed E-state index contributed by atoms with van der Waals surface area (Å²) in [5.74, 6) is -1.07. The molecule has 1 atom stereocenters. The van der Waals surface area contributed by atoms with E-state index in [0.717, 1.165) is 11.1 Å². The van der Waals surface area contributed by atoms with Crippen LogP contribution in [-0.4, -0.2) is 43.2 Å². The highest BCUT2D eigenvalue weighted by Crippen LogP contribution is 2.28. The third-order valence-electron chi connectivity index (χ3n) is 4.71. The zero-order chi connectivity index (χ0) is 25.1. The van der Waals surface area contributed by atoms with Gasteiger partial charge in [-0.2, -0.15) is 5.10 Å². The zero-order valence-electron chi connectivity index (χ0n) is 20.2. The van der Waals surface area contributed by atoms with Crippen molar-refractivity contribution in [2.75, 3.05) is 18.5 Å². The van der Waals surface area contributed by atoms with Crippen LogP contribution in [0, 0.1) is 13.8 Å². The standard InChI is InChI=1S/C25H32N4O5/c1-6-18(5)27-24(31)25(32)29-26-14-19-8-9-21(22(13-19)33-7-2)34-15-23(30)28-20-11-16(3)10-17(4)12-20/h8-14,18H,6-7,15H2,1-5H3,(H,27,31)(H,28,30)(H,29,32)/b26-14-/t18-/m0/s1. The monoisotopic (exact) mass is 468 g/mol. The van der Waals surface area contributed by atoms with Gasteiger partial charge < -0.3 is 20.1 Å². The number of benzene rings is 2. The Bertz CT molecular complexity index is 1030. The molecule has 0 aromatic heterocycles. The summed E-state index contributed by atoms with van der Waals surface area (Å²) in [4.78, 5) is 35.9. The third kappa shape index (κ3) is 8.57. The molecule has 9 nitrogen and oxygen atoms in total. The molecule has 182 valence electrons. The van der Waals surface area contributed by atoms with Gasteiger partial charge in [0.15, 0.2) is 18.1 Å². The lowest BCUT2D eigenvalue weighted by Crippen LogP contribution is -2.41. The van der Waals surface area contributed by atoms with E-state index < -0.39 is 11.8 Å². The minimum Gasteiger partial charge on any atom is -0.490 e. The molecule has 0 radical (unpaired) electrons. The first-order valence-corrected chi connectivity index (χ1v) is 11.1. The number of rotatable bonds is 10. The van der Waals surface area contributed by atoms with Crippen molar-refractivity contribution in [1.29, 1.82) is 0 Å². The summed E-state index contributed by atoms with van der Waals surface area (Å²) in [7, 11) is 0. The van der Waals surface area contributed by atoms with Crippen molar-refractivity contribution in [3.05, 3.63) is 53.1 Å². The molecule has 0 heterocycles. The molecule has 0 spiro atoms. The van der Waals surface area contributed by atoms with Crippen LogP contribution in [0.15, 0.2) is 41.5 Å². The van der Waals surface area contributed by atoms with Crippen LogP contribution < -0.4 is 25.5 Å². The Kier molecular flexibility index (Phi) is 10.1. The summed E-state index contributed by atoms with van der Waals surface area (Å²) >= 11 is 0. The maximum absolute atomic E-state index is 12.3. The van der Waals surface area contributed by atoms with Gasteiger partial charge in [-0.3, -0.25) is 14.4 Å². The minimum atomic E-state index is -0.851. The number of nitrogens with zero attached hydrogens (tertiary/aromatic N) is 1. The topological polar surface area (TPSA) is 118 Å². The summed E-state index contributed by atoms with van der Waals surface area (Å²) in [6, 6.07) is 10.7. The highest BCUT2D eigenvalue weighted by molar-refractivity contribution is 6.35. The fourth-order valence-electron chi connectivity index (χ4n) is 2.99. The maximum atomic E-state index is 12.3. The number of hydrogen-bond donors (Lipinski definition) is 3. The van der Waals surface area contributed by atoms with Crippen LogP contribution >= 0.6 is 0 Å². The molecule has 0 saturated carbocycles. The van der Waals surface area contributed by atoms with Gasteiger partial charge in [0.25, 0.3) is 5.91 Å². The Balaban J connectivity index is 1.97. The lowest BCUT2D eigenvalue weighted by Gasteiger charge is -2.13. The predicted molar refractivity (Wildman–Crippen MR) is 131 cm³/mol. The number of hydrazone groups is 1. The summed E-state index contributed by atoms with van der Waals surface area (Å²) in [6.07, 6.45) is 2.09. The van der Waals surface area contributed by atoms with Gasteiger partial charge in [-0.25, -0.2) is 5.43 Å². The Morgan fingerprint density at radius 2 is 1.68 bits per heavy atom. The molecule has 0 bridgehead atoms. The number of nitrogens with one attached hydrogen (secondary N) is 3. The number of carbonyl (C=O) groups excluding carboxylic acids is 3. The first kappa shape index (κ1) is 26.4. The van der Waals surface area contributed by atoms with E-state index in [2.05, 4.69) is 21.2 Å². The summed E-state index contributed by atoms with van der Waals surface area (Å²) in [5.41, 5.74) is 5.62. The van der Waals surface area contributed by atoms with E-state index in [9.17, 15) is 14.4 Å². The Labute approximate surface area is 199 Å². The van der Waals surface area contributed by atoms with Crippen LogP contribution in [0.1, 0.15) is 43.9 Å². The van der Waals surface area contributed by atoms with Crippen LogP contribution in [0.2, 0.25) is 0 Å². The van der Waals surface area contributed by atoms with E-state index in [4.69, 9.17) is 9.47 Å². The lowest BCUT2D eigenvalue weighted by atomic mass is 10.1. The largest absolute Gasteiger partial charge is 0.490 e. The van der Waals surface area contributed by atoms with E-state index in [1.54, 1.807) is 25.1 Å². The first-order chi connectivity index (χ1) is 16.2. The van der Waals surface area contributed by atoms with E-state index in [-0.39, 0.29) is 18.6 Å².